The van der Waals surface area contributed by atoms with Crippen LogP contribution in [0.25, 0.3) is 11.1 Å². The number of hydrogen-bond acceptors (Lipinski definition) is 3. The van der Waals surface area contributed by atoms with E-state index >= 15 is 0 Å². The van der Waals surface area contributed by atoms with E-state index < -0.39 is 0 Å². The Balaban J connectivity index is 1.29. The summed E-state index contributed by atoms with van der Waals surface area (Å²) in [5.74, 6) is 0. The number of hydrogen-bond donors (Lipinski definition) is 1. The lowest BCUT2D eigenvalue weighted by Gasteiger charge is -2.42. The van der Waals surface area contributed by atoms with Crippen LogP contribution in [0.1, 0.15) is 83.6 Å². The van der Waals surface area contributed by atoms with Crippen molar-refractivity contribution in [1.82, 2.24) is 0 Å². The molecule has 0 aromatic heterocycles. The van der Waals surface area contributed by atoms with Crippen LogP contribution in [0.2, 0.25) is 0 Å². The van der Waals surface area contributed by atoms with E-state index in [1.54, 1.807) is 0 Å². The van der Waals surface area contributed by atoms with Crippen molar-refractivity contribution in [1.29, 1.82) is 0 Å². The van der Waals surface area contributed by atoms with Gasteiger partial charge in [0, 0.05) is 51.1 Å². The molecule has 0 bridgehead atoms. The Hall–Kier alpha value is -6.06. The van der Waals surface area contributed by atoms with E-state index in [0.717, 1.165) is 51.9 Å². The van der Waals surface area contributed by atoms with Crippen LogP contribution in [0.5, 0.6) is 0 Å². The monoisotopic (exact) mass is 759 g/mol. The van der Waals surface area contributed by atoms with E-state index in [9.17, 15) is 0 Å². The highest BCUT2D eigenvalue weighted by molar-refractivity contribution is 5.86. The molecular weight excluding hydrogens is 703 g/mol. The molecule has 0 amide bonds. The zero-order chi connectivity index (χ0) is 40.7. The van der Waals surface area contributed by atoms with Crippen molar-refractivity contribution in [3.8, 4) is 11.1 Å². The maximum atomic E-state index is 3.90. The van der Waals surface area contributed by atoms with Crippen molar-refractivity contribution in [3.05, 3.63) is 192 Å². The van der Waals surface area contributed by atoms with Gasteiger partial charge in [0.2, 0.25) is 0 Å². The van der Waals surface area contributed by atoms with Crippen LogP contribution in [-0.4, -0.2) is 0 Å². The third-order valence-electron chi connectivity index (χ3n) is 12.0. The van der Waals surface area contributed by atoms with Crippen molar-refractivity contribution in [2.75, 3.05) is 15.1 Å². The second-order valence-electron chi connectivity index (χ2n) is 18.4. The molecule has 0 atom stereocenters. The number of para-hydroxylation sites is 2. The molecule has 3 heteroatoms. The molecule has 1 aliphatic rings. The SMILES string of the molecule is Cc1cc(Nc2ccc(C(C)(C)C)cc2-c2ccccc2)cc(N(c2cccc(N(c3ccccc3)c3ccccc3)c2)c2ccc3c(c2)C(C)(C)CCC3(C)C)c1. The number of nitrogens with zero attached hydrogens (tertiary/aromatic N) is 2. The highest BCUT2D eigenvalue weighted by Crippen LogP contribution is 2.49. The first-order valence-electron chi connectivity index (χ1n) is 20.8. The first-order chi connectivity index (χ1) is 27.8. The van der Waals surface area contributed by atoms with Crippen molar-refractivity contribution in [3.63, 3.8) is 0 Å². The second-order valence-corrected chi connectivity index (χ2v) is 18.4. The average molecular weight is 760 g/mol. The van der Waals surface area contributed by atoms with E-state index in [-0.39, 0.29) is 16.2 Å². The number of rotatable bonds is 9. The van der Waals surface area contributed by atoms with Gasteiger partial charge in [-0.2, -0.15) is 0 Å². The second kappa shape index (κ2) is 15.4. The van der Waals surface area contributed by atoms with Gasteiger partial charge < -0.3 is 15.1 Å². The molecular formula is C55H57N3. The third kappa shape index (κ3) is 7.91. The first-order valence-corrected chi connectivity index (χ1v) is 20.8. The molecule has 0 unspecified atom stereocenters. The van der Waals surface area contributed by atoms with Crippen molar-refractivity contribution in [2.45, 2.75) is 84.5 Å². The molecule has 1 N–H and O–H groups in total. The van der Waals surface area contributed by atoms with Gasteiger partial charge in [-0.3, -0.25) is 0 Å². The first kappa shape index (κ1) is 38.8. The van der Waals surface area contributed by atoms with Gasteiger partial charge in [-0.1, -0.05) is 133 Å². The molecule has 1 aliphatic carbocycles. The van der Waals surface area contributed by atoms with Crippen LogP contribution in [0.3, 0.4) is 0 Å². The van der Waals surface area contributed by atoms with Crippen molar-refractivity contribution >= 4 is 45.5 Å². The van der Waals surface area contributed by atoms with Crippen molar-refractivity contribution < 1.29 is 0 Å². The zero-order valence-corrected chi connectivity index (χ0v) is 35.5. The largest absolute Gasteiger partial charge is 0.355 e. The lowest BCUT2D eigenvalue weighted by atomic mass is 9.63. The van der Waals surface area contributed by atoms with E-state index in [1.807, 2.05) is 0 Å². The van der Waals surface area contributed by atoms with Crippen LogP contribution >= 0.6 is 0 Å². The van der Waals surface area contributed by atoms with Gasteiger partial charge in [0.1, 0.15) is 0 Å². The van der Waals surface area contributed by atoms with Crippen LogP contribution in [0, 0.1) is 6.92 Å². The van der Waals surface area contributed by atoms with E-state index in [1.165, 1.54) is 39.8 Å². The molecule has 0 saturated carbocycles. The predicted octanol–water partition coefficient (Wildman–Crippen LogP) is 16.0. The fourth-order valence-corrected chi connectivity index (χ4v) is 8.63. The molecule has 58 heavy (non-hydrogen) atoms. The van der Waals surface area contributed by atoms with E-state index in [4.69, 9.17) is 0 Å². The quantitative estimate of drug-likeness (QED) is 0.158. The van der Waals surface area contributed by atoms with Gasteiger partial charge in [0.25, 0.3) is 0 Å². The standard InChI is InChI=1S/C55H57N3/c1-39-33-42(56-52-30-27-41(53(2,3)4)35-49(52)40-19-12-9-13-20-40)36-48(34-39)58(47-28-29-50-51(38-47)55(7,8)32-31-54(50,5)6)46-26-18-25-45(37-46)57(43-21-14-10-15-22-43)44-23-16-11-17-24-44/h9-30,33-38,56H,31-32H2,1-8H3. The van der Waals surface area contributed by atoms with Gasteiger partial charge >= 0.3 is 0 Å². The van der Waals surface area contributed by atoms with Gasteiger partial charge in [-0.05, 0) is 149 Å². The molecule has 0 heterocycles. The molecule has 0 spiro atoms. The van der Waals surface area contributed by atoms with Crippen LogP contribution < -0.4 is 15.1 Å². The lowest BCUT2D eigenvalue weighted by Crippen LogP contribution is -2.34. The normalized spacial score (nSPS) is 14.3. The van der Waals surface area contributed by atoms with Crippen LogP contribution in [-0.2, 0) is 16.2 Å². The average Bonchev–Trinajstić information content (AvgIpc) is 3.21. The summed E-state index contributed by atoms with van der Waals surface area (Å²) >= 11 is 0. The zero-order valence-electron chi connectivity index (χ0n) is 35.5. The maximum absolute atomic E-state index is 3.90. The minimum Gasteiger partial charge on any atom is -0.355 e. The molecule has 7 aromatic carbocycles. The summed E-state index contributed by atoms with van der Waals surface area (Å²) in [6, 6.07) is 62.0. The topological polar surface area (TPSA) is 18.5 Å². The summed E-state index contributed by atoms with van der Waals surface area (Å²) < 4.78 is 0. The minimum atomic E-state index is 0.0306. The number of nitrogens with one attached hydrogen (secondary N) is 1. The molecule has 0 aliphatic heterocycles. The maximum Gasteiger partial charge on any atom is 0.0484 e. The molecule has 8 rings (SSSR count). The molecule has 0 fully saturated rings. The Bertz CT molecular complexity index is 2490. The van der Waals surface area contributed by atoms with Gasteiger partial charge in [0.15, 0.2) is 0 Å². The Morgan fingerprint density at radius 3 is 1.60 bits per heavy atom. The Kier molecular flexibility index (Phi) is 10.3. The summed E-state index contributed by atoms with van der Waals surface area (Å²) in [6.45, 7) is 18.7. The van der Waals surface area contributed by atoms with Gasteiger partial charge in [-0.15, -0.1) is 0 Å². The number of anilines is 8. The lowest BCUT2D eigenvalue weighted by molar-refractivity contribution is 0.332. The number of fused-ring (bicyclic) bond motifs is 1. The number of benzene rings is 7. The summed E-state index contributed by atoms with van der Waals surface area (Å²) in [7, 11) is 0. The minimum absolute atomic E-state index is 0.0306. The molecule has 292 valence electrons. The summed E-state index contributed by atoms with van der Waals surface area (Å²) in [5, 5.41) is 3.90. The highest BCUT2D eigenvalue weighted by Gasteiger charge is 2.37. The summed E-state index contributed by atoms with van der Waals surface area (Å²) in [6.07, 6.45) is 2.34. The van der Waals surface area contributed by atoms with E-state index in [2.05, 4.69) is 240 Å². The Morgan fingerprint density at radius 2 is 1.00 bits per heavy atom. The third-order valence-corrected chi connectivity index (χ3v) is 12.0. The summed E-state index contributed by atoms with van der Waals surface area (Å²) in [4.78, 5) is 4.80. The summed E-state index contributed by atoms with van der Waals surface area (Å²) in [5.41, 5.74) is 16.8. The molecule has 7 aromatic rings. The fraction of sp³-hybridized carbons (Fsp3) is 0.236. The predicted molar refractivity (Wildman–Crippen MR) is 250 cm³/mol. The molecule has 3 nitrogen and oxygen atoms in total. The van der Waals surface area contributed by atoms with Gasteiger partial charge in [-0.25, -0.2) is 0 Å². The highest BCUT2D eigenvalue weighted by atomic mass is 15.2. The van der Waals surface area contributed by atoms with Crippen LogP contribution in [0.4, 0.5) is 45.5 Å². The van der Waals surface area contributed by atoms with E-state index in [0.29, 0.717) is 0 Å². The fourth-order valence-electron chi connectivity index (χ4n) is 8.63. The van der Waals surface area contributed by atoms with Crippen LogP contribution in [0.15, 0.2) is 170 Å². The molecule has 0 saturated heterocycles. The smallest absolute Gasteiger partial charge is 0.0484 e. The Morgan fingerprint density at radius 1 is 0.466 bits per heavy atom. The van der Waals surface area contributed by atoms with Gasteiger partial charge in [0.05, 0.1) is 0 Å². The number of aryl methyl sites for hydroxylation is 1. The Labute approximate surface area is 347 Å². The molecule has 0 radical (unpaired) electrons. The van der Waals surface area contributed by atoms with Crippen molar-refractivity contribution in [2.24, 2.45) is 0 Å².